The van der Waals surface area contributed by atoms with Gasteiger partial charge in [-0.05, 0) is 66.1 Å². The Morgan fingerprint density at radius 3 is 2.72 bits per heavy atom. The summed E-state index contributed by atoms with van der Waals surface area (Å²) in [5.41, 5.74) is 4.96. The number of aryl methyl sites for hydroxylation is 1. The summed E-state index contributed by atoms with van der Waals surface area (Å²) in [5.74, 6) is 0.268. The van der Waals surface area contributed by atoms with Gasteiger partial charge in [0.25, 0.3) is 11.8 Å². The first kappa shape index (κ1) is 23.6. The first-order chi connectivity index (χ1) is 17.5. The van der Waals surface area contributed by atoms with Gasteiger partial charge in [0.1, 0.15) is 11.4 Å². The van der Waals surface area contributed by atoms with Crippen LogP contribution in [0.1, 0.15) is 32.9 Å². The SMILES string of the molecule is Cc1cc(Cl)ccc1OCC(=O)N1Cc2ccc(C(=O)NCc3cccnc3)n2Cc2ccccc21. The normalized spacial score (nSPS) is 12.3. The molecule has 0 bridgehead atoms. The Kier molecular flexibility index (Phi) is 6.73. The largest absolute Gasteiger partial charge is 0.483 e. The minimum Gasteiger partial charge on any atom is -0.483 e. The molecule has 0 aliphatic carbocycles. The number of pyridine rings is 1. The van der Waals surface area contributed by atoms with Crippen LogP contribution in [0.25, 0.3) is 0 Å². The van der Waals surface area contributed by atoms with Gasteiger partial charge >= 0.3 is 0 Å². The van der Waals surface area contributed by atoms with E-state index in [4.69, 9.17) is 16.3 Å². The Hall–Kier alpha value is -4.10. The molecule has 0 radical (unpaired) electrons. The van der Waals surface area contributed by atoms with Crippen molar-refractivity contribution in [2.75, 3.05) is 11.5 Å². The van der Waals surface area contributed by atoms with E-state index in [2.05, 4.69) is 10.3 Å². The fraction of sp³-hybridized carbons (Fsp3) is 0.179. The van der Waals surface area contributed by atoms with Crippen molar-refractivity contribution in [3.63, 3.8) is 0 Å². The quantitative estimate of drug-likeness (QED) is 0.414. The summed E-state index contributed by atoms with van der Waals surface area (Å²) in [7, 11) is 0. The van der Waals surface area contributed by atoms with Gasteiger partial charge in [-0.1, -0.05) is 35.9 Å². The van der Waals surface area contributed by atoms with E-state index in [0.717, 1.165) is 28.1 Å². The first-order valence-electron chi connectivity index (χ1n) is 11.6. The minimum atomic E-state index is -0.177. The highest BCUT2D eigenvalue weighted by Crippen LogP contribution is 2.29. The van der Waals surface area contributed by atoms with E-state index in [9.17, 15) is 9.59 Å². The molecule has 5 rings (SSSR count). The molecule has 8 heteroatoms. The smallest absolute Gasteiger partial charge is 0.268 e. The molecule has 0 unspecified atom stereocenters. The van der Waals surface area contributed by atoms with Gasteiger partial charge in [0, 0.05) is 35.3 Å². The van der Waals surface area contributed by atoms with Crippen LogP contribution in [0.3, 0.4) is 0 Å². The maximum absolute atomic E-state index is 13.4. The molecule has 0 atom stereocenters. The molecule has 2 aromatic heterocycles. The van der Waals surface area contributed by atoms with E-state index in [0.29, 0.717) is 36.1 Å². The summed E-state index contributed by atoms with van der Waals surface area (Å²) >= 11 is 6.03. The lowest BCUT2D eigenvalue weighted by atomic mass is 10.1. The zero-order valence-electron chi connectivity index (χ0n) is 19.8. The fourth-order valence-electron chi connectivity index (χ4n) is 4.35. The van der Waals surface area contributed by atoms with Crippen molar-refractivity contribution >= 4 is 29.1 Å². The van der Waals surface area contributed by atoms with Crippen LogP contribution in [-0.2, 0) is 24.4 Å². The molecule has 0 fully saturated rings. The molecule has 1 aliphatic rings. The number of fused-ring (bicyclic) bond motifs is 2. The Morgan fingerprint density at radius 1 is 1.06 bits per heavy atom. The predicted octanol–water partition coefficient (Wildman–Crippen LogP) is 4.75. The number of hydrogen-bond donors (Lipinski definition) is 1. The summed E-state index contributed by atoms with van der Waals surface area (Å²) in [5, 5.41) is 3.59. The molecule has 182 valence electrons. The number of amides is 2. The zero-order chi connectivity index (χ0) is 25.1. The van der Waals surface area contributed by atoms with Gasteiger partial charge in [0.15, 0.2) is 6.61 Å². The van der Waals surface area contributed by atoms with Crippen LogP contribution in [0.15, 0.2) is 79.1 Å². The minimum absolute atomic E-state index is 0.115. The van der Waals surface area contributed by atoms with E-state index in [1.54, 1.807) is 41.6 Å². The summed E-state index contributed by atoms with van der Waals surface area (Å²) in [6.07, 6.45) is 3.43. The molecule has 1 N–H and O–H groups in total. The Bertz CT molecular complexity index is 1420. The van der Waals surface area contributed by atoms with Gasteiger partial charge in [0.2, 0.25) is 0 Å². The highest BCUT2D eigenvalue weighted by Gasteiger charge is 2.27. The summed E-state index contributed by atoms with van der Waals surface area (Å²) in [6.45, 7) is 2.97. The monoisotopic (exact) mass is 500 g/mol. The number of nitrogens with zero attached hydrogens (tertiary/aromatic N) is 3. The molecule has 0 spiro atoms. The second kappa shape index (κ2) is 10.3. The number of ether oxygens (including phenoxy) is 1. The number of halogens is 1. The standard InChI is InChI=1S/C28H25ClN4O3/c1-19-13-22(29)8-11-26(19)36-18-27(34)33-17-23-9-10-25(28(35)31-15-20-5-4-12-30-14-20)32(23)16-21-6-2-3-7-24(21)33/h2-14H,15-18H2,1H3,(H,31,35). The molecule has 7 nitrogen and oxygen atoms in total. The van der Waals surface area contributed by atoms with E-state index in [1.807, 2.05) is 54.0 Å². The third kappa shape index (κ3) is 4.97. The molecule has 2 amide bonds. The Labute approximate surface area is 214 Å². The lowest BCUT2D eigenvalue weighted by molar-refractivity contribution is -0.120. The Balaban J connectivity index is 1.37. The summed E-state index contributed by atoms with van der Waals surface area (Å²) in [4.78, 5) is 32.2. The van der Waals surface area contributed by atoms with Crippen molar-refractivity contribution < 1.29 is 14.3 Å². The average Bonchev–Trinajstić information content (AvgIpc) is 3.20. The number of carbonyl (C=O) groups excluding carboxylic acids is 2. The van der Waals surface area contributed by atoms with E-state index in [1.165, 1.54) is 0 Å². The lowest BCUT2D eigenvalue weighted by Crippen LogP contribution is -2.34. The second-order valence-electron chi connectivity index (χ2n) is 8.65. The van der Waals surface area contributed by atoms with Gasteiger partial charge in [-0.2, -0.15) is 0 Å². The first-order valence-corrected chi connectivity index (χ1v) is 12.0. The third-order valence-electron chi connectivity index (χ3n) is 6.20. The fourth-order valence-corrected chi connectivity index (χ4v) is 4.58. The highest BCUT2D eigenvalue weighted by molar-refractivity contribution is 6.30. The van der Waals surface area contributed by atoms with Crippen LogP contribution in [0.2, 0.25) is 5.02 Å². The molecular weight excluding hydrogens is 476 g/mol. The van der Waals surface area contributed by atoms with Gasteiger partial charge in [-0.25, -0.2) is 0 Å². The average molecular weight is 501 g/mol. The van der Waals surface area contributed by atoms with Crippen molar-refractivity contribution in [3.8, 4) is 5.75 Å². The van der Waals surface area contributed by atoms with Crippen molar-refractivity contribution in [1.82, 2.24) is 14.9 Å². The van der Waals surface area contributed by atoms with Crippen LogP contribution < -0.4 is 15.0 Å². The Morgan fingerprint density at radius 2 is 1.92 bits per heavy atom. The molecule has 3 heterocycles. The van der Waals surface area contributed by atoms with Crippen LogP contribution in [0.4, 0.5) is 5.69 Å². The van der Waals surface area contributed by atoms with E-state index < -0.39 is 0 Å². The lowest BCUT2D eigenvalue weighted by Gasteiger charge is -2.23. The highest BCUT2D eigenvalue weighted by atomic mass is 35.5. The van der Waals surface area contributed by atoms with Crippen LogP contribution in [0.5, 0.6) is 5.75 Å². The van der Waals surface area contributed by atoms with Crippen molar-refractivity contribution in [2.45, 2.75) is 26.6 Å². The number of carbonyl (C=O) groups is 2. The van der Waals surface area contributed by atoms with Crippen LogP contribution >= 0.6 is 11.6 Å². The van der Waals surface area contributed by atoms with Crippen molar-refractivity contribution in [2.24, 2.45) is 0 Å². The number of aromatic nitrogens is 2. The van der Waals surface area contributed by atoms with E-state index in [-0.39, 0.29) is 18.4 Å². The molecule has 36 heavy (non-hydrogen) atoms. The molecule has 1 aliphatic heterocycles. The zero-order valence-corrected chi connectivity index (χ0v) is 20.5. The summed E-state index contributed by atoms with van der Waals surface area (Å²) < 4.78 is 7.81. The van der Waals surface area contributed by atoms with Crippen molar-refractivity contribution in [1.29, 1.82) is 0 Å². The second-order valence-corrected chi connectivity index (χ2v) is 9.08. The van der Waals surface area contributed by atoms with Gasteiger partial charge < -0.3 is 19.5 Å². The van der Waals surface area contributed by atoms with Crippen LogP contribution in [0, 0.1) is 6.92 Å². The van der Waals surface area contributed by atoms with E-state index >= 15 is 0 Å². The number of nitrogens with one attached hydrogen (secondary N) is 1. The molecule has 4 aromatic rings. The summed E-state index contributed by atoms with van der Waals surface area (Å²) in [6, 6.07) is 20.5. The van der Waals surface area contributed by atoms with Crippen LogP contribution in [-0.4, -0.2) is 28.0 Å². The predicted molar refractivity (Wildman–Crippen MR) is 138 cm³/mol. The number of anilines is 1. The topological polar surface area (TPSA) is 76.5 Å². The molecule has 0 saturated carbocycles. The number of rotatable bonds is 6. The molecule has 2 aromatic carbocycles. The maximum Gasteiger partial charge on any atom is 0.268 e. The number of benzene rings is 2. The molecular formula is C28H25ClN4O3. The number of para-hydroxylation sites is 1. The maximum atomic E-state index is 13.4. The van der Waals surface area contributed by atoms with Gasteiger partial charge in [-0.3, -0.25) is 14.6 Å². The van der Waals surface area contributed by atoms with Crippen molar-refractivity contribution in [3.05, 3.63) is 112 Å². The number of hydrogen-bond acceptors (Lipinski definition) is 4. The molecule has 0 saturated heterocycles. The van der Waals surface area contributed by atoms with Gasteiger partial charge in [0.05, 0.1) is 13.1 Å². The van der Waals surface area contributed by atoms with Gasteiger partial charge in [-0.15, -0.1) is 0 Å². The third-order valence-corrected chi connectivity index (χ3v) is 6.43.